The molecule has 2 heterocycles. The molecule has 0 aliphatic carbocycles. The summed E-state index contributed by atoms with van der Waals surface area (Å²) >= 11 is 0. The van der Waals surface area contributed by atoms with E-state index in [1.807, 2.05) is 6.07 Å². The zero-order valence-electron chi connectivity index (χ0n) is 17.6. The molecule has 0 saturated carbocycles. The van der Waals surface area contributed by atoms with Crippen molar-refractivity contribution < 1.29 is 18.5 Å². The first-order valence-electron chi connectivity index (χ1n) is 10.6. The van der Waals surface area contributed by atoms with Gasteiger partial charge in [-0.05, 0) is 50.6 Å². The molecule has 31 heavy (non-hydrogen) atoms. The Morgan fingerprint density at radius 1 is 1.26 bits per heavy atom. The van der Waals surface area contributed by atoms with E-state index in [1.54, 1.807) is 25.1 Å². The number of carbonyl (C=O) groups is 2. The Morgan fingerprint density at radius 2 is 1.97 bits per heavy atom. The Labute approximate surface area is 181 Å². The normalized spacial score (nSPS) is 15.1. The van der Waals surface area contributed by atoms with Crippen molar-refractivity contribution >= 4 is 11.7 Å². The van der Waals surface area contributed by atoms with Crippen molar-refractivity contribution in [2.45, 2.75) is 45.1 Å². The van der Waals surface area contributed by atoms with Crippen molar-refractivity contribution in [1.82, 2.24) is 15.4 Å². The topological polar surface area (TPSA) is 99.2 Å². The average molecular weight is 426 g/mol. The van der Waals surface area contributed by atoms with Crippen molar-refractivity contribution in [3.8, 4) is 17.4 Å². The Morgan fingerprint density at radius 3 is 2.68 bits per heavy atom. The van der Waals surface area contributed by atoms with Crippen LogP contribution >= 0.6 is 0 Å². The van der Waals surface area contributed by atoms with Crippen LogP contribution in [0.2, 0.25) is 0 Å². The van der Waals surface area contributed by atoms with E-state index < -0.39 is 6.04 Å². The smallest absolute Gasteiger partial charge is 0.226 e. The van der Waals surface area contributed by atoms with Crippen molar-refractivity contribution in [3.63, 3.8) is 0 Å². The number of nitrogens with zero attached hydrogens (tertiary/aromatic N) is 3. The van der Waals surface area contributed by atoms with Crippen LogP contribution < -0.4 is 5.32 Å². The fraction of sp³-hybridized carbons (Fsp3) is 0.478. The summed E-state index contributed by atoms with van der Waals surface area (Å²) < 4.78 is 18.2. The highest BCUT2D eigenvalue weighted by molar-refractivity contribution is 5.94. The number of aromatic nitrogens is 1. The second-order valence-corrected chi connectivity index (χ2v) is 7.99. The number of nitrogens with one attached hydrogen (secondary N) is 1. The summed E-state index contributed by atoms with van der Waals surface area (Å²) in [6.45, 7) is 4.10. The molecule has 1 aliphatic rings. The first kappa shape index (κ1) is 22.6. The molecule has 1 amide bonds. The predicted molar refractivity (Wildman–Crippen MR) is 112 cm³/mol. The van der Waals surface area contributed by atoms with E-state index in [1.165, 1.54) is 12.1 Å². The van der Waals surface area contributed by atoms with Crippen LogP contribution in [0, 0.1) is 23.1 Å². The van der Waals surface area contributed by atoms with Gasteiger partial charge in [0, 0.05) is 31.1 Å². The molecule has 8 heteroatoms. The van der Waals surface area contributed by atoms with Crippen LogP contribution in [-0.4, -0.2) is 47.4 Å². The number of nitriles is 1. The van der Waals surface area contributed by atoms with Crippen molar-refractivity contribution in [2.24, 2.45) is 5.92 Å². The second kappa shape index (κ2) is 10.8. The van der Waals surface area contributed by atoms with Crippen LogP contribution in [0.15, 0.2) is 34.9 Å². The Balaban J connectivity index is 1.27. The van der Waals surface area contributed by atoms with Gasteiger partial charge in [0.05, 0.1) is 12.0 Å². The van der Waals surface area contributed by atoms with Crippen LogP contribution in [0.25, 0.3) is 11.3 Å². The molecule has 2 aromatic rings. The van der Waals surface area contributed by atoms with Crippen molar-refractivity contribution in [2.75, 3.05) is 19.6 Å². The number of halogens is 1. The highest BCUT2D eigenvalue weighted by atomic mass is 19.1. The number of likely N-dealkylation sites (tertiary alicyclic amines) is 1. The number of Topliss-reactive ketones (excluding diaryl/α,β-unsaturated/α-hetero) is 1. The minimum atomic E-state index is -0.448. The van der Waals surface area contributed by atoms with Gasteiger partial charge in [-0.1, -0.05) is 18.0 Å². The van der Waals surface area contributed by atoms with Gasteiger partial charge in [-0.3, -0.25) is 9.59 Å². The predicted octanol–water partition coefficient (Wildman–Crippen LogP) is 3.57. The summed E-state index contributed by atoms with van der Waals surface area (Å²) in [7, 11) is 0. The molecule has 1 saturated heterocycles. The number of benzene rings is 1. The van der Waals surface area contributed by atoms with Gasteiger partial charge < -0.3 is 14.7 Å². The molecular formula is C23H27FN4O3. The number of rotatable bonds is 11. The second-order valence-electron chi connectivity index (χ2n) is 7.99. The van der Waals surface area contributed by atoms with Crippen LogP contribution in [0.1, 0.15) is 49.5 Å². The van der Waals surface area contributed by atoms with E-state index in [0.717, 1.165) is 45.3 Å². The maximum absolute atomic E-state index is 13.0. The van der Waals surface area contributed by atoms with Gasteiger partial charge in [-0.25, -0.2) is 4.39 Å². The van der Waals surface area contributed by atoms with E-state index in [0.29, 0.717) is 23.4 Å². The van der Waals surface area contributed by atoms with Gasteiger partial charge >= 0.3 is 0 Å². The largest absolute Gasteiger partial charge is 0.356 e. The van der Waals surface area contributed by atoms with Crippen LogP contribution in [0.3, 0.4) is 0 Å². The summed E-state index contributed by atoms with van der Waals surface area (Å²) in [6, 6.07) is 9.00. The zero-order chi connectivity index (χ0) is 22.2. The number of hydrogen-bond acceptors (Lipinski definition) is 6. The molecule has 1 N–H and O–H groups in total. The first-order valence-corrected chi connectivity index (χ1v) is 10.6. The number of ketones is 1. The quantitative estimate of drug-likeness (QED) is 0.436. The minimum absolute atomic E-state index is 0.0179. The van der Waals surface area contributed by atoms with E-state index in [-0.39, 0.29) is 23.4 Å². The number of hydrogen-bond donors (Lipinski definition) is 1. The molecule has 1 aromatic heterocycles. The number of unbranched alkanes of at least 4 members (excludes halogenated alkanes) is 3. The van der Waals surface area contributed by atoms with E-state index in [4.69, 9.17) is 9.78 Å². The fourth-order valence-corrected chi connectivity index (χ4v) is 3.54. The van der Waals surface area contributed by atoms with Gasteiger partial charge in [-0.15, -0.1) is 0 Å². The lowest BCUT2D eigenvalue weighted by atomic mass is 9.98. The van der Waals surface area contributed by atoms with Crippen molar-refractivity contribution in [1.29, 1.82) is 5.26 Å². The third-order valence-electron chi connectivity index (χ3n) is 5.43. The summed E-state index contributed by atoms with van der Waals surface area (Å²) in [5, 5.41) is 15.3. The van der Waals surface area contributed by atoms with Crippen LogP contribution in [0.5, 0.6) is 0 Å². The minimum Gasteiger partial charge on any atom is -0.356 e. The van der Waals surface area contributed by atoms with Crippen LogP contribution in [-0.2, 0) is 4.79 Å². The molecule has 1 fully saturated rings. The maximum Gasteiger partial charge on any atom is 0.226 e. The van der Waals surface area contributed by atoms with Gasteiger partial charge in [0.15, 0.2) is 11.5 Å². The molecule has 1 unspecified atom stereocenters. The lowest BCUT2D eigenvalue weighted by Gasteiger charge is -2.38. The van der Waals surface area contributed by atoms with E-state index in [9.17, 15) is 14.0 Å². The first-order chi connectivity index (χ1) is 15.0. The summed E-state index contributed by atoms with van der Waals surface area (Å²) in [5.41, 5.74) is 0.980. The zero-order valence-corrected chi connectivity index (χ0v) is 17.6. The number of amides is 1. The molecule has 164 valence electrons. The summed E-state index contributed by atoms with van der Waals surface area (Å²) in [6.07, 6.45) is 4.19. The molecule has 3 rings (SSSR count). The Hall–Kier alpha value is -3.05. The lowest BCUT2D eigenvalue weighted by Crippen LogP contribution is -2.54. The lowest BCUT2D eigenvalue weighted by molar-refractivity contribution is -0.130. The molecule has 1 aromatic carbocycles. The Bertz CT molecular complexity index is 929. The molecule has 0 radical (unpaired) electrons. The molecule has 1 aliphatic heterocycles. The highest BCUT2D eigenvalue weighted by Crippen LogP contribution is 2.22. The van der Waals surface area contributed by atoms with Gasteiger partial charge in [0.1, 0.15) is 17.6 Å². The standard InChI is InChI=1S/C23H27FN4O3/c1-16(13-25)26-23(30)18-14-28(15-18)11-5-3-2-4-6-21(29)20-12-22(31-27-20)17-7-9-19(24)10-8-17/h7-10,12,16,18H,2-6,11,14-15H2,1H3,(H,26,30). The molecular weight excluding hydrogens is 399 g/mol. The molecule has 1 atom stereocenters. The third-order valence-corrected chi connectivity index (χ3v) is 5.43. The van der Waals surface area contributed by atoms with Gasteiger partial charge in [-0.2, -0.15) is 5.26 Å². The van der Waals surface area contributed by atoms with Gasteiger partial charge in [0.25, 0.3) is 0 Å². The SMILES string of the molecule is CC(C#N)NC(=O)C1CN(CCCCCCC(=O)c2cc(-c3ccc(F)cc3)on2)C1. The monoisotopic (exact) mass is 426 g/mol. The summed E-state index contributed by atoms with van der Waals surface area (Å²) in [5.74, 6) is 0.00595. The van der Waals surface area contributed by atoms with E-state index >= 15 is 0 Å². The molecule has 7 nitrogen and oxygen atoms in total. The summed E-state index contributed by atoms with van der Waals surface area (Å²) in [4.78, 5) is 26.4. The van der Waals surface area contributed by atoms with Crippen LogP contribution in [0.4, 0.5) is 4.39 Å². The average Bonchev–Trinajstić information content (AvgIpc) is 3.22. The van der Waals surface area contributed by atoms with Gasteiger partial charge in [0.2, 0.25) is 5.91 Å². The fourth-order valence-electron chi connectivity index (χ4n) is 3.54. The van der Waals surface area contributed by atoms with Crippen molar-refractivity contribution in [3.05, 3.63) is 41.8 Å². The molecule has 0 spiro atoms. The highest BCUT2D eigenvalue weighted by Gasteiger charge is 2.32. The third kappa shape index (κ3) is 6.46. The molecule has 0 bridgehead atoms. The maximum atomic E-state index is 13.0. The van der Waals surface area contributed by atoms with E-state index in [2.05, 4.69) is 15.4 Å². The number of carbonyl (C=O) groups excluding carboxylic acids is 2. The Kier molecular flexibility index (Phi) is 7.90.